The third-order valence-electron chi connectivity index (χ3n) is 4.01. The Bertz CT molecular complexity index is 637. The third-order valence-corrected chi connectivity index (χ3v) is 4.93. The monoisotopic (exact) mass is 287 g/mol. The quantitative estimate of drug-likeness (QED) is 0.915. The number of carbonyl (C=O) groups is 1. The molecule has 0 atom stereocenters. The Balaban J connectivity index is 1.51. The van der Waals surface area contributed by atoms with E-state index in [0.717, 1.165) is 23.2 Å². The summed E-state index contributed by atoms with van der Waals surface area (Å²) in [5, 5.41) is 9.34. The van der Waals surface area contributed by atoms with E-state index < -0.39 is 0 Å². The molecule has 0 aliphatic heterocycles. The molecule has 2 aliphatic carbocycles. The van der Waals surface area contributed by atoms with Gasteiger partial charge < -0.3 is 5.32 Å². The summed E-state index contributed by atoms with van der Waals surface area (Å²) >= 11 is 1.54. The lowest BCUT2D eigenvalue weighted by atomic mass is 10.1. The first-order valence-corrected chi connectivity index (χ1v) is 8.10. The number of nitrogens with zero attached hydrogens (tertiary/aromatic N) is 2. The zero-order valence-corrected chi connectivity index (χ0v) is 12.0. The van der Waals surface area contributed by atoms with Gasteiger partial charge >= 0.3 is 0 Å². The molecule has 2 aromatic rings. The van der Waals surface area contributed by atoms with Crippen molar-refractivity contribution in [3.8, 4) is 0 Å². The van der Waals surface area contributed by atoms with Crippen LogP contribution < -0.4 is 5.32 Å². The number of nitrogens with one attached hydrogen (secondary N) is 1. The first-order chi connectivity index (χ1) is 9.81. The van der Waals surface area contributed by atoms with Gasteiger partial charge in [0.1, 0.15) is 5.82 Å². The standard InChI is InChI=1S/C15H17N3OS/c19-15(14-12(6-8-20-14)11-3-4-11)17-13-5-7-16-18(13)9-10-1-2-10/h5-8,10-11H,1-4,9H2,(H,17,19). The summed E-state index contributed by atoms with van der Waals surface area (Å²) in [5.74, 6) is 2.18. The summed E-state index contributed by atoms with van der Waals surface area (Å²) in [5.41, 5.74) is 1.22. The van der Waals surface area contributed by atoms with E-state index in [1.165, 1.54) is 42.6 Å². The van der Waals surface area contributed by atoms with Gasteiger partial charge in [0.25, 0.3) is 5.91 Å². The molecule has 104 valence electrons. The van der Waals surface area contributed by atoms with Gasteiger partial charge in [0, 0.05) is 12.6 Å². The zero-order valence-electron chi connectivity index (χ0n) is 11.2. The fraction of sp³-hybridized carbons (Fsp3) is 0.467. The number of amides is 1. The fourth-order valence-electron chi connectivity index (χ4n) is 2.52. The molecule has 0 radical (unpaired) electrons. The van der Waals surface area contributed by atoms with E-state index in [1.807, 2.05) is 16.1 Å². The van der Waals surface area contributed by atoms with Gasteiger partial charge in [-0.3, -0.25) is 4.79 Å². The second kappa shape index (κ2) is 4.74. The minimum absolute atomic E-state index is 0.0134. The van der Waals surface area contributed by atoms with Crippen molar-refractivity contribution < 1.29 is 4.79 Å². The molecule has 5 heteroatoms. The van der Waals surface area contributed by atoms with Crippen molar-refractivity contribution in [3.05, 3.63) is 34.2 Å². The first-order valence-electron chi connectivity index (χ1n) is 7.22. The van der Waals surface area contributed by atoms with Crippen molar-refractivity contribution in [2.75, 3.05) is 5.32 Å². The summed E-state index contributed by atoms with van der Waals surface area (Å²) in [6.45, 7) is 0.919. The summed E-state index contributed by atoms with van der Waals surface area (Å²) in [6, 6.07) is 3.98. The van der Waals surface area contributed by atoms with Crippen LogP contribution in [0.5, 0.6) is 0 Å². The molecule has 2 heterocycles. The molecule has 0 spiro atoms. The maximum Gasteiger partial charge on any atom is 0.267 e. The largest absolute Gasteiger partial charge is 0.306 e. The SMILES string of the molecule is O=C(Nc1ccnn1CC1CC1)c1sccc1C1CC1. The molecule has 2 aliphatic rings. The molecule has 20 heavy (non-hydrogen) atoms. The van der Waals surface area contributed by atoms with Gasteiger partial charge in [-0.25, -0.2) is 4.68 Å². The van der Waals surface area contributed by atoms with Gasteiger partial charge in [-0.2, -0.15) is 5.10 Å². The number of anilines is 1. The van der Waals surface area contributed by atoms with Crippen LogP contribution in [0.4, 0.5) is 5.82 Å². The summed E-state index contributed by atoms with van der Waals surface area (Å²) in [7, 11) is 0. The van der Waals surface area contributed by atoms with Gasteiger partial charge in [0.15, 0.2) is 0 Å². The van der Waals surface area contributed by atoms with E-state index in [-0.39, 0.29) is 5.91 Å². The zero-order chi connectivity index (χ0) is 13.5. The Morgan fingerprint density at radius 2 is 2.20 bits per heavy atom. The smallest absolute Gasteiger partial charge is 0.267 e. The molecule has 1 N–H and O–H groups in total. The number of hydrogen-bond donors (Lipinski definition) is 1. The average Bonchev–Trinajstić information content (AvgIpc) is 3.35. The molecular weight excluding hydrogens is 270 g/mol. The van der Waals surface area contributed by atoms with E-state index >= 15 is 0 Å². The van der Waals surface area contributed by atoms with Gasteiger partial charge in [-0.1, -0.05) is 0 Å². The van der Waals surface area contributed by atoms with E-state index in [9.17, 15) is 4.79 Å². The minimum atomic E-state index is 0.0134. The van der Waals surface area contributed by atoms with Crippen molar-refractivity contribution >= 4 is 23.1 Å². The van der Waals surface area contributed by atoms with Crippen molar-refractivity contribution in [1.82, 2.24) is 9.78 Å². The topological polar surface area (TPSA) is 46.9 Å². The van der Waals surface area contributed by atoms with Crippen LogP contribution in [0.2, 0.25) is 0 Å². The maximum atomic E-state index is 12.4. The highest BCUT2D eigenvalue weighted by molar-refractivity contribution is 7.12. The number of thiophene rings is 1. The van der Waals surface area contributed by atoms with E-state index in [1.54, 1.807) is 6.20 Å². The Morgan fingerprint density at radius 3 is 2.95 bits per heavy atom. The van der Waals surface area contributed by atoms with Crippen LogP contribution in [0.25, 0.3) is 0 Å². The lowest BCUT2D eigenvalue weighted by Crippen LogP contribution is -2.16. The van der Waals surface area contributed by atoms with E-state index in [2.05, 4.69) is 16.5 Å². The lowest BCUT2D eigenvalue weighted by molar-refractivity contribution is 0.102. The normalized spacial score (nSPS) is 18.2. The summed E-state index contributed by atoms with van der Waals surface area (Å²) < 4.78 is 1.92. The van der Waals surface area contributed by atoms with Crippen LogP contribution >= 0.6 is 11.3 Å². The van der Waals surface area contributed by atoms with Crippen LogP contribution in [0.15, 0.2) is 23.7 Å². The maximum absolute atomic E-state index is 12.4. The molecular formula is C15H17N3OS. The molecule has 0 saturated heterocycles. The van der Waals surface area contributed by atoms with E-state index in [4.69, 9.17) is 0 Å². The molecule has 2 saturated carbocycles. The summed E-state index contributed by atoms with van der Waals surface area (Å²) in [6.07, 6.45) is 6.76. The predicted molar refractivity (Wildman–Crippen MR) is 79.2 cm³/mol. The highest BCUT2D eigenvalue weighted by Gasteiger charge is 2.29. The predicted octanol–water partition coefficient (Wildman–Crippen LogP) is 3.48. The summed E-state index contributed by atoms with van der Waals surface area (Å²) in [4.78, 5) is 13.3. The van der Waals surface area contributed by atoms with Gasteiger partial charge in [-0.05, 0) is 54.5 Å². The molecule has 0 bridgehead atoms. The van der Waals surface area contributed by atoms with Crippen LogP contribution in [0, 0.1) is 5.92 Å². The molecule has 0 aromatic carbocycles. The number of hydrogen-bond acceptors (Lipinski definition) is 3. The Kier molecular flexibility index (Phi) is 2.88. The van der Waals surface area contributed by atoms with Crippen LogP contribution in [0.1, 0.15) is 46.8 Å². The highest BCUT2D eigenvalue weighted by atomic mass is 32.1. The molecule has 4 rings (SSSR count). The molecule has 1 amide bonds. The fourth-order valence-corrected chi connectivity index (χ4v) is 3.40. The average molecular weight is 287 g/mol. The van der Waals surface area contributed by atoms with Crippen molar-refractivity contribution in [3.63, 3.8) is 0 Å². The number of aromatic nitrogens is 2. The van der Waals surface area contributed by atoms with Gasteiger partial charge in [-0.15, -0.1) is 11.3 Å². The van der Waals surface area contributed by atoms with Crippen molar-refractivity contribution in [2.24, 2.45) is 5.92 Å². The number of carbonyl (C=O) groups excluding carboxylic acids is 1. The van der Waals surface area contributed by atoms with E-state index in [0.29, 0.717) is 5.92 Å². The third kappa shape index (κ3) is 2.38. The Morgan fingerprint density at radius 1 is 1.35 bits per heavy atom. The van der Waals surface area contributed by atoms with Crippen molar-refractivity contribution in [1.29, 1.82) is 0 Å². The van der Waals surface area contributed by atoms with Crippen LogP contribution in [-0.4, -0.2) is 15.7 Å². The molecule has 2 aromatic heterocycles. The number of rotatable bonds is 5. The second-order valence-corrected chi connectivity index (χ2v) is 6.69. The van der Waals surface area contributed by atoms with Crippen molar-refractivity contribution in [2.45, 2.75) is 38.1 Å². The Labute approximate surface area is 121 Å². The Hall–Kier alpha value is -1.62. The van der Waals surface area contributed by atoms with Crippen LogP contribution in [0.3, 0.4) is 0 Å². The minimum Gasteiger partial charge on any atom is -0.306 e. The molecule has 4 nitrogen and oxygen atoms in total. The highest BCUT2D eigenvalue weighted by Crippen LogP contribution is 2.43. The van der Waals surface area contributed by atoms with Crippen LogP contribution in [-0.2, 0) is 6.54 Å². The van der Waals surface area contributed by atoms with Gasteiger partial charge in [0.05, 0.1) is 11.1 Å². The van der Waals surface area contributed by atoms with Gasteiger partial charge in [0.2, 0.25) is 0 Å². The second-order valence-electron chi connectivity index (χ2n) is 5.78. The first kappa shape index (κ1) is 12.1. The molecule has 2 fully saturated rings. The molecule has 0 unspecified atom stereocenters. The lowest BCUT2D eigenvalue weighted by Gasteiger charge is -2.08.